The van der Waals surface area contributed by atoms with Gasteiger partial charge in [-0.15, -0.1) is 0 Å². The highest BCUT2D eigenvalue weighted by molar-refractivity contribution is 7.89. The lowest BCUT2D eigenvalue weighted by Crippen LogP contribution is -3.13. The largest absolute Gasteiger partial charge is 0.328 e. The second kappa shape index (κ2) is 9.06. The number of amides is 1. The number of rotatable bonds is 5. The molecule has 1 amide bonds. The van der Waals surface area contributed by atoms with Gasteiger partial charge in [0.25, 0.3) is 5.91 Å². The van der Waals surface area contributed by atoms with E-state index in [-0.39, 0.29) is 15.8 Å². The van der Waals surface area contributed by atoms with Crippen molar-refractivity contribution in [2.24, 2.45) is 0 Å². The van der Waals surface area contributed by atoms with E-state index in [1.54, 1.807) is 6.07 Å². The van der Waals surface area contributed by atoms with Gasteiger partial charge in [-0.2, -0.15) is 4.31 Å². The fraction of sp³-hybridized carbons (Fsp3) is 0.409. The zero-order chi connectivity index (χ0) is 21.1. The van der Waals surface area contributed by atoms with Crippen LogP contribution in [0.2, 0.25) is 5.02 Å². The minimum atomic E-state index is -3.67. The molecular weight excluding hydrogens is 422 g/mol. The van der Waals surface area contributed by atoms with E-state index in [1.807, 2.05) is 23.1 Å². The van der Waals surface area contributed by atoms with E-state index < -0.39 is 10.0 Å². The fourth-order valence-electron chi connectivity index (χ4n) is 4.17. The molecule has 30 heavy (non-hydrogen) atoms. The molecule has 2 aromatic carbocycles. The summed E-state index contributed by atoms with van der Waals surface area (Å²) in [6.07, 6.45) is 1.70. The zero-order valence-electron chi connectivity index (χ0n) is 16.9. The summed E-state index contributed by atoms with van der Waals surface area (Å²) in [6.45, 7) is 4.99. The highest BCUT2D eigenvalue weighted by atomic mass is 35.5. The van der Waals surface area contributed by atoms with Gasteiger partial charge in [0.1, 0.15) is 11.4 Å². The lowest BCUT2D eigenvalue weighted by molar-refractivity contribution is -0.917. The maximum Gasteiger partial charge on any atom is 0.254 e. The van der Waals surface area contributed by atoms with Crippen LogP contribution in [0.1, 0.15) is 28.8 Å². The topological polar surface area (TPSA) is 62.1 Å². The number of hydrogen-bond donors (Lipinski definition) is 1. The van der Waals surface area contributed by atoms with Gasteiger partial charge in [-0.05, 0) is 31.0 Å². The van der Waals surface area contributed by atoms with E-state index in [0.717, 1.165) is 32.5 Å². The summed E-state index contributed by atoms with van der Waals surface area (Å²) in [5, 5.41) is 0.163. The minimum absolute atomic E-state index is 0.0326. The maximum atomic E-state index is 13.0. The summed E-state index contributed by atoms with van der Waals surface area (Å²) in [7, 11) is -3.67. The third-order valence-corrected chi connectivity index (χ3v) is 8.30. The highest BCUT2D eigenvalue weighted by Crippen LogP contribution is 2.28. The Morgan fingerprint density at radius 3 is 2.30 bits per heavy atom. The van der Waals surface area contributed by atoms with Gasteiger partial charge in [0.05, 0.1) is 31.2 Å². The second-order valence-corrected chi connectivity index (χ2v) is 10.3. The number of nitrogens with one attached hydrogen (secondary N) is 1. The molecule has 0 bridgehead atoms. The third kappa shape index (κ3) is 4.54. The lowest BCUT2D eigenvalue weighted by Gasteiger charge is -2.32. The van der Waals surface area contributed by atoms with E-state index in [2.05, 4.69) is 12.1 Å². The normalized spacial score (nSPS) is 18.6. The van der Waals surface area contributed by atoms with Crippen LogP contribution in [0.3, 0.4) is 0 Å². The van der Waals surface area contributed by atoms with Crippen molar-refractivity contribution in [3.63, 3.8) is 0 Å². The van der Waals surface area contributed by atoms with Gasteiger partial charge < -0.3 is 9.80 Å². The molecule has 0 atom stereocenters. The molecule has 160 valence electrons. The van der Waals surface area contributed by atoms with Crippen molar-refractivity contribution in [1.29, 1.82) is 0 Å². The van der Waals surface area contributed by atoms with Gasteiger partial charge in [0.2, 0.25) is 10.0 Å². The van der Waals surface area contributed by atoms with Crippen LogP contribution >= 0.6 is 11.6 Å². The fourth-order valence-corrected chi connectivity index (χ4v) is 6.19. The van der Waals surface area contributed by atoms with Crippen LogP contribution in [0.25, 0.3) is 0 Å². The molecule has 2 aromatic rings. The Labute approximate surface area is 183 Å². The summed E-state index contributed by atoms with van der Waals surface area (Å²) in [4.78, 5) is 16.3. The molecule has 0 spiro atoms. The maximum absolute atomic E-state index is 13.0. The van der Waals surface area contributed by atoms with Crippen molar-refractivity contribution in [3.8, 4) is 0 Å². The van der Waals surface area contributed by atoms with Gasteiger partial charge >= 0.3 is 0 Å². The Bertz CT molecular complexity index is 1000. The summed E-state index contributed by atoms with van der Waals surface area (Å²) >= 11 is 6.21. The molecule has 2 fully saturated rings. The molecule has 0 radical (unpaired) electrons. The Balaban J connectivity index is 1.44. The Morgan fingerprint density at radius 2 is 1.63 bits per heavy atom. The number of carbonyl (C=O) groups is 1. The van der Waals surface area contributed by atoms with Crippen molar-refractivity contribution in [2.75, 3.05) is 39.3 Å². The molecule has 0 aliphatic carbocycles. The first-order chi connectivity index (χ1) is 14.4. The summed E-state index contributed by atoms with van der Waals surface area (Å²) < 4.78 is 27.3. The van der Waals surface area contributed by atoms with Gasteiger partial charge in [-0.25, -0.2) is 8.42 Å². The molecule has 8 heteroatoms. The second-order valence-electron chi connectivity index (χ2n) is 7.96. The molecule has 0 unspecified atom stereocenters. The van der Waals surface area contributed by atoms with Crippen LogP contribution in [-0.2, 0) is 16.6 Å². The van der Waals surface area contributed by atoms with Crippen LogP contribution in [0.4, 0.5) is 0 Å². The summed E-state index contributed by atoms with van der Waals surface area (Å²) in [6, 6.07) is 14.9. The number of benzene rings is 2. The van der Waals surface area contributed by atoms with Crippen molar-refractivity contribution < 1.29 is 18.1 Å². The average Bonchev–Trinajstić information content (AvgIpc) is 3.31. The van der Waals surface area contributed by atoms with E-state index in [9.17, 15) is 13.2 Å². The third-order valence-electron chi connectivity index (χ3n) is 5.92. The van der Waals surface area contributed by atoms with Crippen LogP contribution in [-0.4, -0.2) is 62.8 Å². The molecule has 6 nitrogen and oxygen atoms in total. The molecule has 2 heterocycles. The summed E-state index contributed by atoms with van der Waals surface area (Å²) in [5.74, 6) is -0.136. The van der Waals surface area contributed by atoms with Crippen molar-refractivity contribution in [2.45, 2.75) is 24.3 Å². The van der Waals surface area contributed by atoms with E-state index >= 15 is 0 Å². The Morgan fingerprint density at radius 1 is 0.967 bits per heavy atom. The highest BCUT2D eigenvalue weighted by Gasteiger charge is 2.31. The smallest absolute Gasteiger partial charge is 0.254 e. The van der Waals surface area contributed by atoms with Crippen LogP contribution in [0.5, 0.6) is 0 Å². The van der Waals surface area contributed by atoms with Crippen molar-refractivity contribution in [1.82, 2.24) is 9.21 Å². The molecule has 0 saturated carbocycles. The Hall–Kier alpha value is -1.93. The molecule has 2 saturated heterocycles. The number of halogens is 1. The number of sulfonamides is 1. The Kier molecular flexibility index (Phi) is 6.43. The first kappa shape index (κ1) is 21.3. The van der Waals surface area contributed by atoms with E-state index in [4.69, 9.17) is 11.6 Å². The lowest BCUT2D eigenvalue weighted by atomic mass is 10.1. The molecular formula is C22H27ClN3O3S+. The summed E-state index contributed by atoms with van der Waals surface area (Å²) in [5.41, 5.74) is 1.67. The number of hydrogen-bond acceptors (Lipinski definition) is 3. The van der Waals surface area contributed by atoms with Gasteiger partial charge in [-0.1, -0.05) is 41.9 Å². The molecule has 0 aromatic heterocycles. The van der Waals surface area contributed by atoms with E-state index in [1.165, 1.54) is 26.9 Å². The van der Waals surface area contributed by atoms with Crippen molar-refractivity contribution >= 4 is 27.5 Å². The first-order valence-corrected chi connectivity index (χ1v) is 12.2. The van der Waals surface area contributed by atoms with Crippen LogP contribution in [0, 0.1) is 0 Å². The first-order valence-electron chi connectivity index (χ1n) is 10.4. The van der Waals surface area contributed by atoms with Crippen molar-refractivity contribution in [3.05, 3.63) is 64.7 Å². The quantitative estimate of drug-likeness (QED) is 0.756. The minimum Gasteiger partial charge on any atom is -0.328 e. The predicted molar refractivity (Wildman–Crippen MR) is 116 cm³/mol. The molecule has 2 aliphatic rings. The standard InChI is InChI=1S/C22H26ClN3O3S/c23-20-9-8-19(16-21(20)30(28,29)26-10-4-5-11-26)22(27)25-14-12-24(13-15-25)17-18-6-2-1-3-7-18/h1-3,6-9,16H,4-5,10-15,17H2/p+1. The van der Waals surface area contributed by atoms with Gasteiger partial charge in [0, 0.05) is 24.2 Å². The molecule has 4 rings (SSSR count). The number of piperazine rings is 1. The molecule has 2 aliphatic heterocycles. The number of nitrogens with zero attached hydrogens (tertiary/aromatic N) is 2. The predicted octanol–water partition coefficient (Wildman–Crippen LogP) is 1.67. The zero-order valence-corrected chi connectivity index (χ0v) is 18.5. The SMILES string of the molecule is O=C(c1ccc(Cl)c(S(=O)(=O)N2CCCC2)c1)N1CC[NH+](Cc2ccccc2)CC1. The average molecular weight is 449 g/mol. The molecule has 1 N–H and O–H groups in total. The monoisotopic (exact) mass is 448 g/mol. The van der Waals surface area contributed by atoms with Gasteiger partial charge in [-0.3, -0.25) is 4.79 Å². The van der Waals surface area contributed by atoms with E-state index in [0.29, 0.717) is 31.7 Å². The number of quaternary nitrogens is 1. The number of carbonyl (C=O) groups excluding carboxylic acids is 1. The van der Waals surface area contributed by atoms with Crippen LogP contribution in [0.15, 0.2) is 53.4 Å². The van der Waals surface area contributed by atoms with Crippen LogP contribution < -0.4 is 4.90 Å². The van der Waals surface area contributed by atoms with Gasteiger partial charge in [0.15, 0.2) is 0 Å².